The van der Waals surface area contributed by atoms with Crippen LogP contribution in [0.15, 0.2) is 0 Å². The molecule has 0 spiro atoms. The number of unbranched alkanes of at least 4 members (excludes halogenated alkanes) is 16. The Labute approximate surface area is 166 Å². The summed E-state index contributed by atoms with van der Waals surface area (Å²) in [5, 5.41) is 0.734. The first kappa shape index (κ1) is 24.9. The van der Waals surface area contributed by atoms with Crippen LogP contribution in [0.25, 0.3) is 0 Å². The van der Waals surface area contributed by atoms with Gasteiger partial charge in [-0.15, -0.1) is 0 Å². The zero-order valence-electron chi connectivity index (χ0n) is 16.8. The van der Waals surface area contributed by atoms with Gasteiger partial charge in [-0.3, -0.25) is 4.79 Å². The Bertz CT molecular complexity index is 269. The van der Waals surface area contributed by atoms with Crippen molar-refractivity contribution in [3.05, 3.63) is 0 Å². The molecule has 0 rings (SSSR count). The van der Waals surface area contributed by atoms with Crippen molar-refractivity contribution in [2.24, 2.45) is 0 Å². The minimum absolute atomic E-state index is 0.0413. The van der Waals surface area contributed by atoms with Crippen molar-refractivity contribution >= 4 is 21.9 Å². The van der Waals surface area contributed by atoms with Gasteiger partial charge in [0.15, 0.2) is 0 Å². The van der Waals surface area contributed by atoms with Gasteiger partial charge in [0.2, 0.25) is 0 Å². The van der Waals surface area contributed by atoms with E-state index >= 15 is 0 Å². The number of carbonyl (C=O) groups excluding carboxylic acids is 1. The molecule has 0 amide bonds. The van der Waals surface area contributed by atoms with Crippen molar-refractivity contribution in [1.29, 1.82) is 0 Å². The fraction of sp³-hybridized carbons (Fsp3) is 0.955. The number of carbonyl (C=O) groups is 1. The van der Waals surface area contributed by atoms with Crippen LogP contribution in [0, 0.1) is 0 Å². The lowest BCUT2D eigenvalue weighted by molar-refractivity contribution is -0.143. The number of alkyl halides is 1. The summed E-state index contributed by atoms with van der Waals surface area (Å²) in [6, 6.07) is 0. The summed E-state index contributed by atoms with van der Waals surface area (Å²) in [7, 11) is 0. The minimum atomic E-state index is -0.0413. The van der Waals surface area contributed by atoms with E-state index in [4.69, 9.17) is 4.74 Å². The maximum absolute atomic E-state index is 11.3. The van der Waals surface area contributed by atoms with E-state index < -0.39 is 0 Å². The van der Waals surface area contributed by atoms with Crippen LogP contribution in [-0.2, 0) is 9.53 Å². The SMILES string of the molecule is CCCCCCCCCCCCCCCCCCCC(=O)OCCBr. The lowest BCUT2D eigenvalue weighted by Crippen LogP contribution is -2.05. The molecule has 0 saturated carbocycles. The lowest BCUT2D eigenvalue weighted by Gasteiger charge is -2.04. The highest BCUT2D eigenvalue weighted by molar-refractivity contribution is 9.09. The molecule has 0 aliphatic carbocycles. The Hall–Kier alpha value is -0.0500. The Morgan fingerprint density at radius 2 is 1.00 bits per heavy atom. The monoisotopic (exact) mass is 418 g/mol. The molecule has 0 unspecified atom stereocenters. The summed E-state index contributed by atoms with van der Waals surface area (Å²) in [5.74, 6) is -0.0413. The third-order valence-electron chi connectivity index (χ3n) is 4.82. The average molecular weight is 419 g/mol. The predicted octanol–water partition coefficient (Wildman–Crippen LogP) is 7.97. The number of hydrogen-bond donors (Lipinski definition) is 0. The second-order valence-corrected chi connectivity index (χ2v) is 8.11. The van der Waals surface area contributed by atoms with Gasteiger partial charge in [-0.2, -0.15) is 0 Å². The second kappa shape index (κ2) is 22.0. The molecule has 0 N–H and O–H groups in total. The van der Waals surface area contributed by atoms with Crippen LogP contribution in [0.5, 0.6) is 0 Å². The number of hydrogen-bond acceptors (Lipinski definition) is 2. The molecule has 0 saturated heterocycles. The molecule has 0 bridgehead atoms. The molecule has 0 aliphatic heterocycles. The molecule has 25 heavy (non-hydrogen) atoms. The first-order valence-corrected chi connectivity index (χ1v) is 12.1. The van der Waals surface area contributed by atoms with Crippen molar-refractivity contribution in [3.63, 3.8) is 0 Å². The summed E-state index contributed by atoms with van der Waals surface area (Å²) in [6.45, 7) is 2.78. The van der Waals surface area contributed by atoms with Gasteiger partial charge < -0.3 is 4.74 Å². The van der Waals surface area contributed by atoms with Gasteiger partial charge in [-0.25, -0.2) is 0 Å². The van der Waals surface area contributed by atoms with Gasteiger partial charge in [0.25, 0.3) is 0 Å². The van der Waals surface area contributed by atoms with E-state index in [0.717, 1.165) is 11.8 Å². The summed E-state index contributed by atoms with van der Waals surface area (Å²) >= 11 is 3.25. The van der Waals surface area contributed by atoms with Gasteiger partial charge in [-0.05, 0) is 6.42 Å². The molecule has 0 aromatic carbocycles. The smallest absolute Gasteiger partial charge is 0.305 e. The quantitative estimate of drug-likeness (QED) is 0.114. The van der Waals surface area contributed by atoms with Crippen molar-refractivity contribution < 1.29 is 9.53 Å². The largest absolute Gasteiger partial charge is 0.465 e. The molecule has 0 atom stereocenters. The van der Waals surface area contributed by atoms with E-state index in [2.05, 4.69) is 22.9 Å². The molecule has 0 heterocycles. The highest BCUT2D eigenvalue weighted by Gasteiger charge is 2.01. The van der Waals surface area contributed by atoms with Gasteiger partial charge in [-0.1, -0.05) is 126 Å². The van der Waals surface area contributed by atoms with Crippen molar-refractivity contribution in [3.8, 4) is 0 Å². The predicted molar refractivity (Wildman–Crippen MR) is 114 cm³/mol. The first-order valence-electron chi connectivity index (χ1n) is 11.0. The van der Waals surface area contributed by atoms with Crippen molar-refractivity contribution in [2.75, 3.05) is 11.9 Å². The van der Waals surface area contributed by atoms with Crippen LogP contribution < -0.4 is 0 Å². The number of halogens is 1. The second-order valence-electron chi connectivity index (χ2n) is 7.32. The van der Waals surface area contributed by atoms with Crippen LogP contribution in [0.2, 0.25) is 0 Å². The third-order valence-corrected chi connectivity index (χ3v) is 5.15. The Morgan fingerprint density at radius 3 is 1.36 bits per heavy atom. The maximum Gasteiger partial charge on any atom is 0.305 e. The molecule has 150 valence electrons. The molecule has 0 aliphatic rings. The fourth-order valence-corrected chi connectivity index (χ4v) is 3.38. The fourth-order valence-electron chi connectivity index (χ4n) is 3.22. The van der Waals surface area contributed by atoms with E-state index in [-0.39, 0.29) is 5.97 Å². The van der Waals surface area contributed by atoms with Crippen molar-refractivity contribution in [1.82, 2.24) is 0 Å². The van der Waals surface area contributed by atoms with Crippen LogP contribution in [-0.4, -0.2) is 17.9 Å². The van der Waals surface area contributed by atoms with E-state index in [1.165, 1.54) is 103 Å². The highest BCUT2D eigenvalue weighted by atomic mass is 79.9. The Morgan fingerprint density at radius 1 is 0.640 bits per heavy atom. The molecule has 0 fully saturated rings. The van der Waals surface area contributed by atoms with E-state index in [0.29, 0.717) is 13.0 Å². The van der Waals surface area contributed by atoms with Gasteiger partial charge in [0, 0.05) is 11.8 Å². The topological polar surface area (TPSA) is 26.3 Å². The summed E-state index contributed by atoms with van der Waals surface area (Å²) in [4.78, 5) is 11.3. The summed E-state index contributed by atoms with van der Waals surface area (Å²) < 4.78 is 5.03. The molecule has 0 radical (unpaired) electrons. The minimum Gasteiger partial charge on any atom is -0.465 e. The van der Waals surface area contributed by atoms with Crippen LogP contribution in [0.4, 0.5) is 0 Å². The zero-order chi connectivity index (χ0) is 18.4. The normalized spacial score (nSPS) is 11.0. The summed E-state index contributed by atoms with van der Waals surface area (Å²) in [6.07, 6.45) is 23.8. The molecule has 3 heteroatoms. The number of rotatable bonds is 20. The molecular formula is C22H43BrO2. The van der Waals surface area contributed by atoms with Gasteiger partial charge in [0.1, 0.15) is 6.61 Å². The first-order chi connectivity index (χ1) is 12.3. The maximum atomic E-state index is 11.3. The van der Waals surface area contributed by atoms with E-state index in [9.17, 15) is 4.79 Å². The Balaban J connectivity index is 3.04. The summed E-state index contributed by atoms with van der Waals surface area (Å²) in [5.41, 5.74) is 0. The molecule has 0 aromatic rings. The standard InChI is InChI=1S/C22H43BrO2/c1-2-3-4-5-6-7-8-9-10-11-12-13-14-15-16-17-18-19-22(24)25-21-20-23/h2-21H2,1H3. The van der Waals surface area contributed by atoms with Crippen LogP contribution >= 0.6 is 15.9 Å². The van der Waals surface area contributed by atoms with Crippen molar-refractivity contribution in [2.45, 2.75) is 122 Å². The third kappa shape index (κ3) is 21.9. The van der Waals surface area contributed by atoms with Gasteiger partial charge >= 0.3 is 5.97 Å². The zero-order valence-corrected chi connectivity index (χ0v) is 18.4. The molecule has 2 nitrogen and oxygen atoms in total. The average Bonchev–Trinajstić information content (AvgIpc) is 2.62. The van der Waals surface area contributed by atoms with Gasteiger partial charge in [0.05, 0.1) is 0 Å². The number of esters is 1. The molecular weight excluding hydrogens is 376 g/mol. The molecule has 0 aromatic heterocycles. The van der Waals surface area contributed by atoms with Crippen LogP contribution in [0.1, 0.15) is 122 Å². The van der Waals surface area contributed by atoms with E-state index in [1.54, 1.807) is 0 Å². The lowest BCUT2D eigenvalue weighted by atomic mass is 10.0. The Kier molecular flexibility index (Phi) is 21.9. The van der Waals surface area contributed by atoms with Crippen LogP contribution in [0.3, 0.4) is 0 Å². The highest BCUT2D eigenvalue weighted by Crippen LogP contribution is 2.14. The van der Waals surface area contributed by atoms with E-state index in [1.807, 2.05) is 0 Å². The number of ether oxygens (including phenoxy) is 1.